The van der Waals surface area contributed by atoms with Gasteiger partial charge in [0.1, 0.15) is 0 Å². The largest absolute Gasteiger partial charge is 0.333 e. The number of rotatable bonds is 7. The van der Waals surface area contributed by atoms with E-state index in [-0.39, 0.29) is 0 Å². The summed E-state index contributed by atoms with van der Waals surface area (Å²) in [6, 6.07) is 0. The lowest BCUT2D eigenvalue weighted by Crippen LogP contribution is -2.21. The molecule has 1 rings (SSSR count). The maximum atomic E-state index is 10.8. The first-order valence-electron chi connectivity index (χ1n) is 5.23. The highest BCUT2D eigenvalue weighted by atomic mass is 32.2. The van der Waals surface area contributed by atoms with Crippen LogP contribution in [0.15, 0.2) is 12.5 Å². The van der Waals surface area contributed by atoms with Gasteiger partial charge in [-0.3, -0.25) is 4.21 Å². The molecule has 0 aromatic carbocycles. The Labute approximate surface area is 93.5 Å². The van der Waals surface area contributed by atoms with Crippen LogP contribution in [0.2, 0.25) is 0 Å². The smallest absolute Gasteiger partial charge is 0.0948 e. The molecule has 0 fully saturated rings. The first-order chi connectivity index (χ1) is 7.24. The van der Waals surface area contributed by atoms with Crippen molar-refractivity contribution in [2.45, 2.75) is 26.4 Å². The van der Waals surface area contributed by atoms with Gasteiger partial charge in [-0.1, -0.05) is 6.92 Å². The number of aromatic nitrogens is 2. The van der Waals surface area contributed by atoms with E-state index in [0.29, 0.717) is 5.75 Å². The summed E-state index contributed by atoms with van der Waals surface area (Å²) >= 11 is 0. The first kappa shape index (κ1) is 12.4. The highest BCUT2D eigenvalue weighted by Gasteiger charge is 2.00. The van der Waals surface area contributed by atoms with Crippen molar-refractivity contribution >= 4 is 10.8 Å². The van der Waals surface area contributed by atoms with Crippen molar-refractivity contribution in [3.63, 3.8) is 0 Å². The van der Waals surface area contributed by atoms with Crippen LogP contribution in [0.4, 0.5) is 0 Å². The molecular formula is C10H19N3OS. The van der Waals surface area contributed by atoms with Crippen LogP contribution in [0.1, 0.15) is 19.0 Å². The Kier molecular flexibility index (Phi) is 5.57. The summed E-state index contributed by atoms with van der Waals surface area (Å²) in [5.74, 6) is 0.710. The van der Waals surface area contributed by atoms with Crippen molar-refractivity contribution in [3.8, 4) is 0 Å². The summed E-state index contributed by atoms with van der Waals surface area (Å²) in [5, 5.41) is 3.26. The summed E-state index contributed by atoms with van der Waals surface area (Å²) in [4.78, 5) is 4.12. The maximum absolute atomic E-state index is 10.8. The molecule has 0 saturated carbocycles. The van der Waals surface area contributed by atoms with E-state index in [0.717, 1.165) is 26.1 Å². The van der Waals surface area contributed by atoms with E-state index in [1.165, 1.54) is 5.69 Å². The minimum atomic E-state index is -0.708. The van der Waals surface area contributed by atoms with Gasteiger partial charge in [-0.05, 0) is 6.42 Å². The minimum Gasteiger partial charge on any atom is -0.333 e. The van der Waals surface area contributed by atoms with Crippen molar-refractivity contribution in [1.82, 2.24) is 14.9 Å². The average molecular weight is 229 g/mol. The van der Waals surface area contributed by atoms with Crippen LogP contribution < -0.4 is 5.32 Å². The predicted molar refractivity (Wildman–Crippen MR) is 63.2 cm³/mol. The van der Waals surface area contributed by atoms with Gasteiger partial charge in [-0.15, -0.1) is 0 Å². The van der Waals surface area contributed by atoms with Crippen LogP contribution in [-0.4, -0.2) is 32.3 Å². The van der Waals surface area contributed by atoms with E-state index >= 15 is 0 Å². The molecule has 1 aromatic heterocycles. The van der Waals surface area contributed by atoms with Gasteiger partial charge in [-0.25, -0.2) is 4.98 Å². The zero-order chi connectivity index (χ0) is 11.1. The van der Waals surface area contributed by atoms with E-state index in [1.807, 2.05) is 12.5 Å². The number of nitrogens with one attached hydrogen (secondary N) is 1. The first-order valence-corrected chi connectivity index (χ1v) is 6.96. The van der Waals surface area contributed by atoms with Crippen LogP contribution in [0.3, 0.4) is 0 Å². The third-order valence-corrected chi connectivity index (χ3v) is 2.91. The Morgan fingerprint density at radius 1 is 1.60 bits per heavy atom. The highest BCUT2D eigenvalue weighted by Crippen LogP contribution is 1.99. The molecule has 0 bridgehead atoms. The lowest BCUT2D eigenvalue weighted by Gasteiger charge is -2.07. The van der Waals surface area contributed by atoms with Gasteiger partial charge in [0.15, 0.2) is 0 Å². The standard InChI is InChI=1S/C10H19N3OS/c1-3-5-13-9-12-8-10(13)7-11-4-6-15(2)14/h8-9,11H,3-7H2,1-2H3. The molecule has 1 heterocycles. The highest BCUT2D eigenvalue weighted by molar-refractivity contribution is 7.84. The fourth-order valence-corrected chi connectivity index (χ4v) is 1.80. The molecule has 1 N–H and O–H groups in total. The molecule has 15 heavy (non-hydrogen) atoms. The minimum absolute atomic E-state index is 0.708. The van der Waals surface area contributed by atoms with Gasteiger partial charge in [0.25, 0.3) is 0 Å². The Hall–Kier alpha value is -0.680. The van der Waals surface area contributed by atoms with Crippen molar-refractivity contribution in [2.24, 2.45) is 0 Å². The molecule has 0 aliphatic heterocycles. The van der Waals surface area contributed by atoms with Gasteiger partial charge in [-0.2, -0.15) is 0 Å². The third-order valence-electron chi connectivity index (χ3n) is 2.14. The third kappa shape index (κ3) is 4.57. The fourth-order valence-electron chi connectivity index (χ4n) is 1.37. The van der Waals surface area contributed by atoms with Crippen LogP contribution in [0.25, 0.3) is 0 Å². The molecule has 1 unspecified atom stereocenters. The second-order valence-corrected chi connectivity index (χ2v) is 5.09. The number of hydrogen-bond donors (Lipinski definition) is 1. The normalized spacial score (nSPS) is 12.9. The number of nitrogens with zero attached hydrogens (tertiary/aromatic N) is 2. The zero-order valence-electron chi connectivity index (χ0n) is 9.40. The van der Waals surface area contributed by atoms with Gasteiger partial charge in [0.2, 0.25) is 0 Å². The van der Waals surface area contributed by atoms with Crippen molar-refractivity contribution in [3.05, 3.63) is 18.2 Å². The van der Waals surface area contributed by atoms with Crippen LogP contribution >= 0.6 is 0 Å². The van der Waals surface area contributed by atoms with Crippen molar-refractivity contribution in [1.29, 1.82) is 0 Å². The SMILES string of the molecule is CCCn1cncc1CNCCS(C)=O. The van der Waals surface area contributed by atoms with Crippen molar-refractivity contribution < 1.29 is 4.21 Å². The summed E-state index contributed by atoms with van der Waals surface area (Å²) in [7, 11) is -0.708. The quantitative estimate of drug-likeness (QED) is 0.702. The second kappa shape index (κ2) is 6.74. The topological polar surface area (TPSA) is 46.9 Å². The maximum Gasteiger partial charge on any atom is 0.0948 e. The molecular weight excluding hydrogens is 210 g/mol. The summed E-state index contributed by atoms with van der Waals surface area (Å²) in [6.45, 7) is 4.76. The molecule has 0 radical (unpaired) electrons. The van der Waals surface area contributed by atoms with E-state index in [9.17, 15) is 4.21 Å². The van der Waals surface area contributed by atoms with Gasteiger partial charge in [0, 0.05) is 48.6 Å². The van der Waals surface area contributed by atoms with Gasteiger partial charge >= 0.3 is 0 Å². The molecule has 86 valence electrons. The van der Waals surface area contributed by atoms with Gasteiger partial charge in [0.05, 0.1) is 12.0 Å². The Balaban J connectivity index is 2.30. The van der Waals surface area contributed by atoms with E-state index in [1.54, 1.807) is 6.26 Å². The Morgan fingerprint density at radius 3 is 3.07 bits per heavy atom. The Morgan fingerprint density at radius 2 is 2.40 bits per heavy atom. The lowest BCUT2D eigenvalue weighted by atomic mass is 10.4. The molecule has 0 amide bonds. The molecule has 1 atom stereocenters. The summed E-state index contributed by atoms with van der Waals surface area (Å²) in [6.07, 6.45) is 6.58. The molecule has 5 heteroatoms. The van der Waals surface area contributed by atoms with E-state index in [2.05, 4.69) is 21.8 Å². The van der Waals surface area contributed by atoms with Crippen molar-refractivity contribution in [2.75, 3.05) is 18.6 Å². The predicted octanol–water partition coefficient (Wildman–Crippen LogP) is 0.761. The molecule has 0 spiro atoms. The second-order valence-electron chi connectivity index (χ2n) is 3.53. The molecule has 0 aliphatic rings. The van der Waals surface area contributed by atoms with E-state index < -0.39 is 10.8 Å². The lowest BCUT2D eigenvalue weighted by molar-refractivity contribution is 0.610. The van der Waals surface area contributed by atoms with Gasteiger partial charge < -0.3 is 9.88 Å². The Bertz CT molecular complexity index is 311. The number of hydrogen-bond acceptors (Lipinski definition) is 3. The summed E-state index contributed by atoms with van der Waals surface area (Å²) in [5.41, 5.74) is 1.19. The molecule has 4 nitrogen and oxygen atoms in total. The van der Waals surface area contributed by atoms with E-state index in [4.69, 9.17) is 0 Å². The summed E-state index contributed by atoms with van der Waals surface area (Å²) < 4.78 is 13.0. The van der Waals surface area contributed by atoms with Crippen LogP contribution in [-0.2, 0) is 23.9 Å². The van der Waals surface area contributed by atoms with Crippen LogP contribution in [0.5, 0.6) is 0 Å². The van der Waals surface area contributed by atoms with Crippen LogP contribution in [0, 0.1) is 0 Å². The average Bonchev–Trinajstić information content (AvgIpc) is 2.61. The molecule has 0 aliphatic carbocycles. The molecule has 1 aromatic rings. The molecule has 0 saturated heterocycles. The monoisotopic (exact) mass is 229 g/mol. The fraction of sp³-hybridized carbons (Fsp3) is 0.700. The zero-order valence-corrected chi connectivity index (χ0v) is 10.2. The number of aryl methyl sites for hydroxylation is 1. The number of imidazole rings is 1.